The van der Waals surface area contributed by atoms with E-state index >= 15 is 0 Å². The third-order valence-corrected chi connectivity index (χ3v) is 3.41. The molecule has 0 unspecified atom stereocenters. The predicted octanol–water partition coefficient (Wildman–Crippen LogP) is 2.07. The fourth-order valence-electron chi connectivity index (χ4n) is 2.22. The average Bonchev–Trinajstić information content (AvgIpc) is 2.61. The Morgan fingerprint density at radius 1 is 0.931 bits per heavy atom. The summed E-state index contributed by atoms with van der Waals surface area (Å²) in [6, 6.07) is 6.58. The van der Waals surface area contributed by atoms with Crippen LogP contribution in [0.5, 0.6) is 5.75 Å². The minimum absolute atomic E-state index is 0.297. The van der Waals surface area contributed by atoms with Gasteiger partial charge < -0.3 is 5.11 Å². The van der Waals surface area contributed by atoms with E-state index in [1.807, 2.05) is 35.2 Å². The summed E-state index contributed by atoms with van der Waals surface area (Å²) < 4.78 is 1.91. The molecule has 1 heterocycles. The fourth-order valence-corrected chi connectivity index (χ4v) is 2.22. The first-order valence-electron chi connectivity index (χ1n) is 8.27. The number of Topliss-reactive ketones (excluding diaryl/α,β-unsaturated/α-hetero) is 1. The molecule has 0 bridgehead atoms. The van der Waals surface area contributed by atoms with Gasteiger partial charge in [-0.1, -0.05) is 19.9 Å². The predicted molar refractivity (Wildman–Crippen MR) is 97.0 cm³/mol. The summed E-state index contributed by atoms with van der Waals surface area (Å²) in [4.78, 5) is 38.9. The minimum Gasteiger partial charge on any atom is -0.863 e. The largest absolute Gasteiger partial charge is 0.863 e. The second kappa shape index (κ2) is 10.4. The summed E-state index contributed by atoms with van der Waals surface area (Å²) in [5.74, 6) is -0.705. The maximum Gasteiger partial charge on any atom is 0.283 e. The Bertz CT molecular complexity index is 880. The van der Waals surface area contributed by atoms with Gasteiger partial charge in [0.1, 0.15) is 0 Å². The van der Waals surface area contributed by atoms with Gasteiger partial charge in [0.25, 0.3) is 17.1 Å². The van der Waals surface area contributed by atoms with E-state index in [4.69, 9.17) is 0 Å². The third-order valence-electron chi connectivity index (χ3n) is 3.41. The van der Waals surface area contributed by atoms with Crippen LogP contribution in [-0.4, -0.2) is 20.6 Å². The number of carbonyl (C=O) groups is 1. The molecule has 0 radical (unpaired) electrons. The van der Waals surface area contributed by atoms with Gasteiger partial charge in [0.2, 0.25) is 6.54 Å². The van der Waals surface area contributed by atoms with Crippen molar-refractivity contribution in [2.45, 2.75) is 26.8 Å². The number of rotatable bonds is 7. The van der Waals surface area contributed by atoms with Gasteiger partial charge in [0, 0.05) is 18.6 Å². The number of pyridine rings is 1. The number of nitro groups is 3. The lowest BCUT2D eigenvalue weighted by Gasteiger charge is -2.06. The van der Waals surface area contributed by atoms with Crippen molar-refractivity contribution >= 4 is 22.8 Å². The van der Waals surface area contributed by atoms with Crippen LogP contribution < -0.4 is 9.67 Å². The molecule has 0 amide bonds. The van der Waals surface area contributed by atoms with Gasteiger partial charge in [-0.25, -0.2) is 0 Å². The highest BCUT2D eigenvalue weighted by atomic mass is 16.6. The molecule has 0 N–H and O–H groups in total. The van der Waals surface area contributed by atoms with Gasteiger partial charge in [-0.05, 0) is 5.92 Å². The van der Waals surface area contributed by atoms with Crippen LogP contribution in [0.25, 0.3) is 0 Å². The van der Waals surface area contributed by atoms with Crippen LogP contribution in [0.2, 0.25) is 0 Å². The molecule has 0 fully saturated rings. The normalized spacial score (nSPS) is 10.0. The first-order chi connectivity index (χ1) is 13.5. The molecule has 12 nitrogen and oxygen atoms in total. The number of nitrogens with zero attached hydrogens (tertiary/aromatic N) is 4. The highest BCUT2D eigenvalue weighted by Crippen LogP contribution is 2.36. The molecule has 1 aromatic carbocycles. The summed E-state index contributed by atoms with van der Waals surface area (Å²) in [6.45, 7) is 4.63. The van der Waals surface area contributed by atoms with Crippen LogP contribution in [0.4, 0.5) is 17.1 Å². The third kappa shape index (κ3) is 7.28. The van der Waals surface area contributed by atoms with Crippen molar-refractivity contribution in [1.82, 2.24) is 0 Å². The van der Waals surface area contributed by atoms with E-state index in [9.17, 15) is 40.2 Å². The van der Waals surface area contributed by atoms with Crippen molar-refractivity contribution in [3.63, 3.8) is 0 Å². The van der Waals surface area contributed by atoms with Crippen molar-refractivity contribution in [1.29, 1.82) is 0 Å². The van der Waals surface area contributed by atoms with E-state index in [1.165, 1.54) is 0 Å². The molecular formula is C17H18N4O8. The van der Waals surface area contributed by atoms with Crippen molar-refractivity contribution in [2.75, 3.05) is 0 Å². The Morgan fingerprint density at radius 3 is 1.79 bits per heavy atom. The molecule has 0 saturated heterocycles. The van der Waals surface area contributed by atoms with Crippen LogP contribution in [0.15, 0.2) is 42.7 Å². The SMILES string of the molecule is CC(C)CC(=O)C[n+]1ccccc1.O=[N+]([O-])c1cc([N+](=O)[O-])c([O-])c([N+](=O)[O-])c1. The van der Waals surface area contributed by atoms with E-state index in [0.29, 0.717) is 36.8 Å². The fraction of sp³-hybridized carbons (Fsp3) is 0.294. The van der Waals surface area contributed by atoms with E-state index in [0.717, 1.165) is 0 Å². The molecule has 1 aromatic heterocycles. The van der Waals surface area contributed by atoms with Crippen molar-refractivity contribution in [3.05, 3.63) is 73.1 Å². The summed E-state index contributed by atoms with van der Waals surface area (Å²) in [5.41, 5.74) is -3.26. The summed E-state index contributed by atoms with van der Waals surface area (Å²) >= 11 is 0. The maximum absolute atomic E-state index is 11.4. The zero-order chi connectivity index (χ0) is 22.1. The number of ketones is 1. The van der Waals surface area contributed by atoms with Gasteiger partial charge in [0.15, 0.2) is 18.2 Å². The van der Waals surface area contributed by atoms with Gasteiger partial charge in [-0.15, -0.1) is 0 Å². The van der Waals surface area contributed by atoms with Crippen molar-refractivity contribution < 1.29 is 29.2 Å². The van der Waals surface area contributed by atoms with Crippen LogP contribution >= 0.6 is 0 Å². The summed E-state index contributed by atoms with van der Waals surface area (Å²) in [6.07, 6.45) is 4.50. The first kappa shape index (κ1) is 23.1. The zero-order valence-electron chi connectivity index (χ0n) is 15.6. The topological polar surface area (TPSA) is 173 Å². The van der Waals surface area contributed by atoms with Crippen LogP contribution in [0, 0.1) is 36.3 Å². The molecule has 0 aliphatic rings. The number of benzene rings is 1. The number of non-ortho nitro benzene ring substituents is 1. The number of hydrogen-bond donors (Lipinski definition) is 0. The van der Waals surface area contributed by atoms with Gasteiger partial charge >= 0.3 is 0 Å². The number of nitro benzene ring substituents is 3. The van der Waals surface area contributed by atoms with E-state index < -0.39 is 37.6 Å². The lowest BCUT2D eigenvalue weighted by Crippen LogP contribution is -2.37. The van der Waals surface area contributed by atoms with Gasteiger partial charge in [-0.2, -0.15) is 4.57 Å². The monoisotopic (exact) mass is 406 g/mol. The Kier molecular flexibility index (Phi) is 8.27. The second-order valence-corrected chi connectivity index (χ2v) is 6.27. The molecule has 29 heavy (non-hydrogen) atoms. The molecule has 12 heteroatoms. The van der Waals surface area contributed by atoms with E-state index in [1.54, 1.807) is 0 Å². The molecule has 0 aliphatic carbocycles. The second-order valence-electron chi connectivity index (χ2n) is 6.27. The highest BCUT2D eigenvalue weighted by molar-refractivity contribution is 5.77. The molecule has 2 rings (SSSR count). The molecular weight excluding hydrogens is 388 g/mol. The van der Waals surface area contributed by atoms with Crippen LogP contribution in [-0.2, 0) is 11.3 Å². The van der Waals surface area contributed by atoms with Gasteiger partial charge in [0.05, 0.1) is 32.7 Å². The number of carbonyl (C=O) groups excluding carboxylic acids is 1. The minimum atomic E-state index is -1.46. The quantitative estimate of drug-likeness (QED) is 0.381. The van der Waals surface area contributed by atoms with Crippen LogP contribution in [0.3, 0.4) is 0 Å². The molecule has 0 saturated carbocycles. The lowest BCUT2D eigenvalue weighted by atomic mass is 10.1. The average molecular weight is 406 g/mol. The maximum atomic E-state index is 11.4. The van der Waals surface area contributed by atoms with Crippen molar-refractivity contribution in [3.8, 4) is 5.75 Å². The lowest BCUT2D eigenvalue weighted by molar-refractivity contribution is -0.684. The molecule has 0 atom stereocenters. The summed E-state index contributed by atoms with van der Waals surface area (Å²) in [5, 5.41) is 42.1. The molecule has 0 spiro atoms. The standard InChI is InChI=1S/C11H16NO.C6H3N3O7/c1-10(2)8-11(13)9-12-6-4-3-5-7-12;10-6-4(8(13)14)1-3(7(11)12)2-5(6)9(15)16/h3-7,10H,8-9H2,1-2H3;1-2,10H/q+1;/p-1. The molecule has 154 valence electrons. The van der Waals surface area contributed by atoms with E-state index in [-0.39, 0.29) is 0 Å². The highest BCUT2D eigenvalue weighted by Gasteiger charge is 2.24. The first-order valence-corrected chi connectivity index (χ1v) is 8.27. The van der Waals surface area contributed by atoms with Crippen LogP contribution in [0.1, 0.15) is 20.3 Å². The van der Waals surface area contributed by atoms with Gasteiger partial charge in [-0.3, -0.25) is 35.1 Å². The smallest absolute Gasteiger partial charge is 0.283 e. The number of hydrogen-bond acceptors (Lipinski definition) is 8. The Morgan fingerprint density at radius 2 is 1.41 bits per heavy atom. The summed E-state index contributed by atoms with van der Waals surface area (Å²) in [7, 11) is 0. The molecule has 2 aromatic rings. The Labute approximate surface area is 164 Å². The van der Waals surface area contributed by atoms with Crippen molar-refractivity contribution in [2.24, 2.45) is 5.92 Å². The zero-order valence-corrected chi connectivity index (χ0v) is 15.6. The molecule has 0 aliphatic heterocycles. The van der Waals surface area contributed by atoms with E-state index in [2.05, 4.69) is 13.8 Å². The Balaban J connectivity index is 0.000000296. The Hall–Kier alpha value is -3.96. The number of aromatic nitrogens is 1.